The topological polar surface area (TPSA) is 12.0 Å². The molecule has 1 N–H and O–H groups in total. The highest BCUT2D eigenvalue weighted by atomic mass is 35.5. The molecule has 1 nitrogen and oxygen atoms in total. The summed E-state index contributed by atoms with van der Waals surface area (Å²) in [7, 11) is 0. The number of rotatable bonds is 3. The molecule has 2 aromatic rings. The molecule has 7 heteroatoms. The minimum atomic E-state index is -4.42. The fourth-order valence-electron chi connectivity index (χ4n) is 1.72. The Morgan fingerprint density at radius 3 is 2.40 bits per heavy atom. The van der Waals surface area contributed by atoms with Crippen LogP contribution in [0.4, 0.5) is 18.9 Å². The first-order chi connectivity index (χ1) is 9.25. The smallest absolute Gasteiger partial charge is 0.378 e. The zero-order valence-electron chi connectivity index (χ0n) is 10.3. The van der Waals surface area contributed by atoms with E-state index in [0.29, 0.717) is 10.0 Å². The Kier molecular flexibility index (Phi) is 4.52. The molecule has 0 aliphatic heterocycles. The second-order valence-electron chi connectivity index (χ2n) is 4.28. The lowest BCUT2D eigenvalue weighted by atomic mass is 10.1. The number of nitrogens with one attached hydrogen (secondary N) is 1. The van der Waals surface area contributed by atoms with Crippen molar-refractivity contribution in [2.45, 2.75) is 19.1 Å². The zero-order valence-corrected chi connectivity index (χ0v) is 12.6. The average molecular weight is 340 g/mol. The summed E-state index contributed by atoms with van der Waals surface area (Å²) in [5.41, 5.74) is 0.455. The molecule has 0 bridgehead atoms. The van der Waals surface area contributed by atoms with E-state index in [2.05, 4.69) is 5.32 Å². The molecule has 108 valence electrons. The van der Waals surface area contributed by atoms with Crippen LogP contribution in [-0.2, 0) is 6.18 Å². The van der Waals surface area contributed by atoms with Gasteiger partial charge in [0.05, 0.1) is 9.90 Å². The van der Waals surface area contributed by atoms with Crippen LogP contribution in [0, 0.1) is 0 Å². The molecule has 0 saturated heterocycles. The molecule has 1 aromatic heterocycles. The third kappa shape index (κ3) is 3.81. The van der Waals surface area contributed by atoms with E-state index in [1.165, 1.54) is 17.4 Å². The predicted octanol–water partition coefficient (Wildman–Crippen LogP) is 6.25. The Labute approximate surface area is 128 Å². The molecule has 0 fully saturated rings. The Balaban J connectivity index is 2.23. The molecule has 2 rings (SSSR count). The van der Waals surface area contributed by atoms with Gasteiger partial charge in [0.1, 0.15) is 0 Å². The molecule has 0 aliphatic carbocycles. The summed E-state index contributed by atoms with van der Waals surface area (Å²) >= 11 is 12.9. The van der Waals surface area contributed by atoms with Crippen LogP contribution in [0.2, 0.25) is 9.36 Å². The van der Waals surface area contributed by atoms with Gasteiger partial charge < -0.3 is 5.32 Å². The maximum absolute atomic E-state index is 12.7. The fraction of sp³-hybridized carbons (Fsp3) is 0.231. The van der Waals surface area contributed by atoms with Gasteiger partial charge in [0.25, 0.3) is 0 Å². The van der Waals surface area contributed by atoms with Crippen molar-refractivity contribution in [3.63, 3.8) is 0 Å². The van der Waals surface area contributed by atoms with Gasteiger partial charge in [-0.05, 0) is 42.1 Å². The van der Waals surface area contributed by atoms with Crippen LogP contribution >= 0.6 is 34.5 Å². The highest BCUT2D eigenvalue weighted by Crippen LogP contribution is 2.34. The Morgan fingerprint density at radius 1 is 1.15 bits per heavy atom. The van der Waals surface area contributed by atoms with Gasteiger partial charge in [-0.15, -0.1) is 11.3 Å². The van der Waals surface area contributed by atoms with Gasteiger partial charge in [-0.25, -0.2) is 0 Å². The molecule has 0 spiro atoms. The van der Waals surface area contributed by atoms with Crippen molar-refractivity contribution in [3.8, 4) is 0 Å². The summed E-state index contributed by atoms with van der Waals surface area (Å²) < 4.78 is 38.8. The molecular formula is C13H10Cl2F3NS. The number of halogens is 5. The standard InChI is InChI=1S/C13H10Cl2F3NS/c1-7(8-2-12(15)20-6-8)19-11-4-9(13(16,17)18)3-10(14)5-11/h2-7,19H,1H3. The Bertz CT molecular complexity index is 610. The molecule has 1 aromatic carbocycles. The van der Waals surface area contributed by atoms with Gasteiger partial charge in [0.15, 0.2) is 0 Å². The summed E-state index contributed by atoms with van der Waals surface area (Å²) in [6.07, 6.45) is -4.42. The van der Waals surface area contributed by atoms with Crippen LogP contribution in [-0.4, -0.2) is 0 Å². The Morgan fingerprint density at radius 2 is 1.85 bits per heavy atom. The van der Waals surface area contributed by atoms with Crippen molar-refractivity contribution in [3.05, 3.63) is 50.1 Å². The predicted molar refractivity (Wildman–Crippen MR) is 77.8 cm³/mol. The molecule has 20 heavy (non-hydrogen) atoms. The van der Waals surface area contributed by atoms with Gasteiger partial charge in [0.2, 0.25) is 0 Å². The lowest BCUT2D eigenvalue weighted by molar-refractivity contribution is -0.137. The number of anilines is 1. The number of hydrogen-bond acceptors (Lipinski definition) is 2. The normalized spacial score (nSPS) is 13.3. The summed E-state index contributed by atoms with van der Waals surface area (Å²) in [5, 5.41) is 4.88. The number of benzene rings is 1. The maximum atomic E-state index is 12.7. The molecule has 1 atom stereocenters. The molecular weight excluding hydrogens is 330 g/mol. The molecule has 1 unspecified atom stereocenters. The quantitative estimate of drug-likeness (QED) is 0.697. The highest BCUT2D eigenvalue weighted by Gasteiger charge is 2.31. The van der Waals surface area contributed by atoms with E-state index in [1.807, 2.05) is 12.3 Å². The van der Waals surface area contributed by atoms with Gasteiger partial charge in [-0.2, -0.15) is 13.2 Å². The van der Waals surface area contributed by atoms with E-state index in [9.17, 15) is 13.2 Å². The summed E-state index contributed by atoms with van der Waals surface area (Å²) in [6, 6.07) is 5.01. The second kappa shape index (κ2) is 5.84. The van der Waals surface area contributed by atoms with Gasteiger partial charge in [-0.1, -0.05) is 23.2 Å². The first kappa shape index (κ1) is 15.5. The molecule has 0 radical (unpaired) electrons. The van der Waals surface area contributed by atoms with Crippen LogP contribution in [0.5, 0.6) is 0 Å². The van der Waals surface area contributed by atoms with E-state index in [1.54, 1.807) is 6.07 Å². The van der Waals surface area contributed by atoms with Crippen LogP contribution in [0.15, 0.2) is 29.6 Å². The lowest BCUT2D eigenvalue weighted by Gasteiger charge is -2.16. The van der Waals surface area contributed by atoms with Gasteiger partial charge in [0, 0.05) is 16.8 Å². The van der Waals surface area contributed by atoms with Crippen LogP contribution in [0.3, 0.4) is 0 Å². The third-order valence-corrected chi connectivity index (χ3v) is 4.02. The van der Waals surface area contributed by atoms with Gasteiger partial charge >= 0.3 is 6.18 Å². The van der Waals surface area contributed by atoms with Crippen molar-refractivity contribution < 1.29 is 13.2 Å². The van der Waals surface area contributed by atoms with Crippen molar-refractivity contribution in [2.24, 2.45) is 0 Å². The van der Waals surface area contributed by atoms with E-state index >= 15 is 0 Å². The zero-order chi connectivity index (χ0) is 14.9. The van der Waals surface area contributed by atoms with E-state index in [-0.39, 0.29) is 11.1 Å². The largest absolute Gasteiger partial charge is 0.416 e. The van der Waals surface area contributed by atoms with Gasteiger partial charge in [-0.3, -0.25) is 0 Å². The van der Waals surface area contributed by atoms with Crippen molar-refractivity contribution in [1.29, 1.82) is 0 Å². The summed E-state index contributed by atoms with van der Waals surface area (Å²) in [4.78, 5) is 0. The number of alkyl halides is 3. The molecule has 0 aliphatic rings. The minimum absolute atomic E-state index is 0.0397. The Hall–Kier alpha value is -0.910. The lowest BCUT2D eigenvalue weighted by Crippen LogP contribution is -2.09. The number of thiophene rings is 1. The first-order valence-electron chi connectivity index (χ1n) is 5.64. The third-order valence-electron chi connectivity index (χ3n) is 2.70. The first-order valence-corrected chi connectivity index (χ1v) is 7.27. The monoisotopic (exact) mass is 339 g/mol. The van der Waals surface area contributed by atoms with Crippen molar-refractivity contribution in [1.82, 2.24) is 0 Å². The summed E-state index contributed by atoms with van der Waals surface area (Å²) in [5.74, 6) is 0. The van der Waals surface area contributed by atoms with Crippen molar-refractivity contribution >= 4 is 40.2 Å². The second-order valence-corrected chi connectivity index (χ2v) is 6.26. The van der Waals surface area contributed by atoms with Crippen LogP contribution in [0.25, 0.3) is 0 Å². The molecule has 0 saturated carbocycles. The summed E-state index contributed by atoms with van der Waals surface area (Å²) in [6.45, 7) is 1.84. The van der Waals surface area contributed by atoms with Crippen LogP contribution < -0.4 is 5.32 Å². The number of hydrogen-bond donors (Lipinski definition) is 1. The van der Waals surface area contributed by atoms with Crippen LogP contribution in [0.1, 0.15) is 24.1 Å². The van der Waals surface area contributed by atoms with E-state index < -0.39 is 11.7 Å². The van der Waals surface area contributed by atoms with Crippen molar-refractivity contribution in [2.75, 3.05) is 5.32 Å². The molecule has 0 amide bonds. The SMILES string of the molecule is CC(Nc1cc(Cl)cc(C(F)(F)F)c1)c1csc(Cl)c1. The molecule has 1 heterocycles. The maximum Gasteiger partial charge on any atom is 0.416 e. The minimum Gasteiger partial charge on any atom is -0.378 e. The van der Waals surface area contributed by atoms with E-state index in [0.717, 1.165) is 17.7 Å². The highest BCUT2D eigenvalue weighted by molar-refractivity contribution is 7.14. The average Bonchev–Trinajstić information content (AvgIpc) is 2.74. The van der Waals surface area contributed by atoms with E-state index in [4.69, 9.17) is 23.2 Å². The fourth-order valence-corrected chi connectivity index (χ4v) is 2.94.